The van der Waals surface area contributed by atoms with Gasteiger partial charge in [-0.3, -0.25) is 4.68 Å². The van der Waals surface area contributed by atoms with Crippen LogP contribution in [-0.2, 0) is 11.6 Å². The molecule has 1 saturated heterocycles. The van der Waals surface area contributed by atoms with E-state index in [1.807, 2.05) is 19.4 Å². The van der Waals surface area contributed by atoms with Crippen LogP contribution >= 0.6 is 7.80 Å². The first-order chi connectivity index (χ1) is 6.25. The van der Waals surface area contributed by atoms with Crippen molar-refractivity contribution in [2.75, 3.05) is 30.3 Å². The van der Waals surface area contributed by atoms with Gasteiger partial charge in [-0.1, -0.05) is 0 Å². The fraction of sp³-hybridized carbons (Fsp3) is 0.625. The van der Waals surface area contributed by atoms with Crippen molar-refractivity contribution >= 4 is 13.5 Å². The topological polar surface area (TPSA) is 38.1 Å². The van der Waals surface area contributed by atoms with Crippen LogP contribution in [0.25, 0.3) is 0 Å². The first-order valence-electron chi connectivity index (χ1n) is 4.51. The van der Waals surface area contributed by atoms with E-state index >= 15 is 0 Å². The summed E-state index contributed by atoms with van der Waals surface area (Å²) in [6.45, 7) is 1.84. The minimum atomic E-state index is -1.24. The Hall–Kier alpha value is -0.760. The van der Waals surface area contributed by atoms with Crippen LogP contribution in [0.1, 0.15) is 0 Å². The van der Waals surface area contributed by atoms with Crippen molar-refractivity contribution < 1.29 is 4.57 Å². The summed E-state index contributed by atoms with van der Waals surface area (Å²) in [4.78, 5) is 2.25. The Morgan fingerprint density at radius 3 is 2.69 bits per heavy atom. The molecule has 72 valence electrons. The van der Waals surface area contributed by atoms with Crippen LogP contribution in [0.5, 0.6) is 0 Å². The second kappa shape index (κ2) is 3.54. The van der Waals surface area contributed by atoms with Gasteiger partial charge in [-0.25, -0.2) is 0 Å². The fourth-order valence-corrected chi connectivity index (χ4v) is 2.87. The molecule has 0 saturated carbocycles. The maximum atomic E-state index is 11.2. The van der Waals surface area contributed by atoms with Gasteiger partial charge < -0.3 is 9.46 Å². The van der Waals surface area contributed by atoms with E-state index in [-0.39, 0.29) is 0 Å². The van der Waals surface area contributed by atoms with Crippen molar-refractivity contribution in [3.63, 3.8) is 0 Å². The highest BCUT2D eigenvalue weighted by Gasteiger charge is 2.15. The molecule has 2 rings (SSSR count). The first kappa shape index (κ1) is 8.82. The van der Waals surface area contributed by atoms with Gasteiger partial charge in [0, 0.05) is 38.7 Å². The maximum Gasteiger partial charge on any atom is 0.0796 e. The van der Waals surface area contributed by atoms with Crippen molar-refractivity contribution in [1.29, 1.82) is 0 Å². The zero-order chi connectivity index (χ0) is 9.26. The fourth-order valence-electron chi connectivity index (χ4n) is 1.59. The molecular weight excluding hydrogens is 185 g/mol. The van der Waals surface area contributed by atoms with Crippen molar-refractivity contribution in [3.05, 3.63) is 12.4 Å². The third-order valence-corrected chi connectivity index (χ3v) is 3.94. The van der Waals surface area contributed by atoms with Crippen LogP contribution < -0.4 is 4.90 Å². The smallest absolute Gasteiger partial charge is 0.0796 e. The number of rotatable bonds is 1. The molecule has 0 radical (unpaired) electrons. The third kappa shape index (κ3) is 1.94. The molecule has 0 unspecified atom stereocenters. The van der Waals surface area contributed by atoms with Gasteiger partial charge in [0.1, 0.15) is 0 Å². The molecular formula is C8H14N3OP. The van der Waals surface area contributed by atoms with Crippen LogP contribution in [0.15, 0.2) is 12.4 Å². The highest BCUT2D eigenvalue weighted by molar-refractivity contribution is 7.44. The number of aryl methyl sites for hydroxylation is 1. The van der Waals surface area contributed by atoms with Crippen molar-refractivity contribution in [1.82, 2.24) is 9.78 Å². The van der Waals surface area contributed by atoms with E-state index in [4.69, 9.17) is 0 Å². The van der Waals surface area contributed by atoms with Gasteiger partial charge in [0.2, 0.25) is 0 Å². The minimum Gasteiger partial charge on any atom is -0.368 e. The first-order valence-corrected chi connectivity index (χ1v) is 6.33. The number of hydrogen-bond acceptors (Lipinski definition) is 3. The van der Waals surface area contributed by atoms with Crippen LogP contribution in [0, 0.1) is 0 Å². The van der Waals surface area contributed by atoms with Crippen molar-refractivity contribution in [3.8, 4) is 0 Å². The van der Waals surface area contributed by atoms with E-state index in [0.29, 0.717) is 0 Å². The average Bonchev–Trinajstić information content (AvgIpc) is 2.53. The molecule has 1 aromatic heterocycles. The van der Waals surface area contributed by atoms with Gasteiger partial charge in [0.15, 0.2) is 0 Å². The zero-order valence-corrected chi connectivity index (χ0v) is 8.73. The second-order valence-corrected chi connectivity index (χ2v) is 5.48. The molecule has 1 fully saturated rings. The molecule has 0 amide bonds. The largest absolute Gasteiger partial charge is 0.368 e. The maximum absolute atomic E-state index is 11.2. The molecule has 0 aliphatic carbocycles. The Balaban J connectivity index is 2.06. The predicted octanol–water partition coefficient (Wildman–Crippen LogP) is 0.800. The Morgan fingerprint density at radius 1 is 1.46 bits per heavy atom. The number of hydrogen-bond donors (Lipinski definition) is 0. The zero-order valence-electron chi connectivity index (χ0n) is 7.73. The van der Waals surface area contributed by atoms with Crippen LogP contribution in [0.4, 0.5) is 5.69 Å². The summed E-state index contributed by atoms with van der Waals surface area (Å²) >= 11 is 0. The molecule has 0 aromatic carbocycles. The lowest BCUT2D eigenvalue weighted by Crippen LogP contribution is -2.32. The normalized spacial score (nSPS) is 19.3. The highest BCUT2D eigenvalue weighted by Crippen LogP contribution is 2.27. The molecule has 0 bridgehead atoms. The number of aromatic nitrogens is 2. The molecule has 4 nitrogen and oxygen atoms in total. The summed E-state index contributed by atoms with van der Waals surface area (Å²) in [5, 5.41) is 4.12. The molecule has 0 spiro atoms. The van der Waals surface area contributed by atoms with E-state index in [1.165, 1.54) is 0 Å². The van der Waals surface area contributed by atoms with Crippen LogP contribution in [0.2, 0.25) is 0 Å². The lowest BCUT2D eigenvalue weighted by atomic mass is 10.4. The van der Waals surface area contributed by atoms with E-state index in [0.717, 1.165) is 31.1 Å². The summed E-state index contributed by atoms with van der Waals surface area (Å²) < 4.78 is 13.0. The predicted molar refractivity (Wildman–Crippen MR) is 54.2 cm³/mol. The summed E-state index contributed by atoms with van der Waals surface area (Å²) in [7, 11) is 0.668. The lowest BCUT2D eigenvalue weighted by Gasteiger charge is -2.26. The summed E-state index contributed by atoms with van der Waals surface area (Å²) in [5.41, 5.74) is 1.15. The van der Waals surface area contributed by atoms with Gasteiger partial charge in [-0.15, -0.1) is 0 Å². The standard InChI is InChI=1S/C8H14N3OP/c1-10-7-8(6-9-10)11-2-4-13(12)5-3-11/h6-7,13H,2-5H2,1H3. The summed E-state index contributed by atoms with van der Waals surface area (Å²) in [6.07, 6.45) is 5.59. The number of anilines is 1. The Bertz CT molecular complexity index is 313. The van der Waals surface area contributed by atoms with Gasteiger partial charge in [-0.2, -0.15) is 5.10 Å². The van der Waals surface area contributed by atoms with Crippen LogP contribution in [0.3, 0.4) is 0 Å². The van der Waals surface area contributed by atoms with Crippen molar-refractivity contribution in [2.45, 2.75) is 0 Å². The van der Waals surface area contributed by atoms with E-state index in [1.54, 1.807) is 4.68 Å². The van der Waals surface area contributed by atoms with Gasteiger partial charge in [0.25, 0.3) is 0 Å². The van der Waals surface area contributed by atoms with Crippen molar-refractivity contribution in [2.24, 2.45) is 7.05 Å². The molecule has 2 heterocycles. The lowest BCUT2D eigenvalue weighted by molar-refractivity contribution is 0.582. The minimum absolute atomic E-state index is 0.861. The van der Waals surface area contributed by atoms with E-state index in [9.17, 15) is 4.57 Å². The second-order valence-electron chi connectivity index (χ2n) is 3.40. The monoisotopic (exact) mass is 199 g/mol. The summed E-state index contributed by atoms with van der Waals surface area (Å²) in [5.74, 6) is 0. The third-order valence-electron chi connectivity index (χ3n) is 2.38. The molecule has 1 aliphatic rings. The SMILES string of the molecule is Cn1cc(N2CC[PH](=O)CC2)cn1. The average molecular weight is 199 g/mol. The van der Waals surface area contributed by atoms with Crippen LogP contribution in [-0.4, -0.2) is 35.2 Å². The van der Waals surface area contributed by atoms with E-state index in [2.05, 4.69) is 10.00 Å². The van der Waals surface area contributed by atoms with Gasteiger partial charge >= 0.3 is 0 Å². The van der Waals surface area contributed by atoms with E-state index < -0.39 is 7.80 Å². The Kier molecular flexibility index (Phi) is 2.40. The molecule has 13 heavy (non-hydrogen) atoms. The Morgan fingerprint density at radius 2 is 2.15 bits per heavy atom. The quantitative estimate of drug-likeness (QED) is 0.628. The highest BCUT2D eigenvalue weighted by atomic mass is 31.1. The molecule has 0 atom stereocenters. The van der Waals surface area contributed by atoms with Gasteiger partial charge in [-0.05, 0) is 0 Å². The Labute approximate surface area is 78.3 Å². The number of nitrogens with zero attached hydrogens (tertiary/aromatic N) is 3. The molecule has 1 aliphatic heterocycles. The summed E-state index contributed by atoms with van der Waals surface area (Å²) in [6, 6.07) is 0. The molecule has 5 heteroatoms. The van der Waals surface area contributed by atoms with Gasteiger partial charge in [0.05, 0.1) is 19.7 Å². The molecule has 1 aromatic rings. The molecule has 0 N–H and O–H groups in total.